The smallest absolute Gasteiger partial charge is 0.101 e. The molecule has 14 heavy (non-hydrogen) atoms. The molecule has 0 bridgehead atoms. The van der Waals surface area contributed by atoms with Crippen molar-refractivity contribution in [2.45, 2.75) is 0 Å². The van der Waals surface area contributed by atoms with Gasteiger partial charge in [-0.15, -0.1) is 0 Å². The molecule has 0 unspecified atom stereocenters. The molecule has 0 amide bonds. The van der Waals surface area contributed by atoms with Crippen LogP contribution in [0.4, 0.5) is 0 Å². The summed E-state index contributed by atoms with van der Waals surface area (Å²) < 4.78 is 0. The van der Waals surface area contributed by atoms with Crippen LogP contribution in [-0.4, -0.2) is 5.97 Å². The molecule has 1 aromatic rings. The summed E-state index contributed by atoms with van der Waals surface area (Å²) in [7, 11) is 0. The van der Waals surface area contributed by atoms with Crippen LogP contribution in [0.15, 0.2) is 29.8 Å². The molecule has 4 heteroatoms. The topological polar surface area (TPSA) is 63.9 Å². The number of nitrogens with zero attached hydrogens (tertiary/aromatic N) is 1. The Kier molecular flexibility index (Phi) is 3.27. The molecular weight excluding hydrogens is 202 g/mol. The molecule has 0 saturated carbocycles. The third-order valence-electron chi connectivity index (χ3n) is 1.50. The van der Waals surface area contributed by atoms with Crippen molar-refractivity contribution < 1.29 is 9.90 Å². The first-order valence-electron chi connectivity index (χ1n) is 3.72. The van der Waals surface area contributed by atoms with Gasteiger partial charge in [-0.3, -0.25) is 0 Å². The largest absolute Gasteiger partial charge is 0.544 e. The van der Waals surface area contributed by atoms with Gasteiger partial charge in [-0.1, -0.05) is 23.7 Å². The zero-order valence-electron chi connectivity index (χ0n) is 7.03. The molecular formula is C10H5ClNO2-. The van der Waals surface area contributed by atoms with Crippen LogP contribution in [0.2, 0.25) is 5.02 Å². The van der Waals surface area contributed by atoms with Gasteiger partial charge < -0.3 is 9.90 Å². The van der Waals surface area contributed by atoms with Crippen LogP contribution < -0.4 is 5.11 Å². The van der Waals surface area contributed by atoms with Gasteiger partial charge in [-0.2, -0.15) is 5.26 Å². The highest BCUT2D eigenvalue weighted by atomic mass is 35.5. The van der Waals surface area contributed by atoms with Gasteiger partial charge in [0.2, 0.25) is 0 Å². The molecule has 1 aromatic carbocycles. The second kappa shape index (κ2) is 4.45. The summed E-state index contributed by atoms with van der Waals surface area (Å²) in [6.45, 7) is 0. The minimum absolute atomic E-state index is 0.424. The maximum absolute atomic E-state index is 10.4. The fourth-order valence-corrected chi connectivity index (χ4v) is 1.10. The average Bonchev–Trinajstić information content (AvgIpc) is 2.14. The zero-order chi connectivity index (χ0) is 10.6. The Morgan fingerprint density at radius 2 is 2.29 bits per heavy atom. The van der Waals surface area contributed by atoms with Gasteiger partial charge >= 0.3 is 0 Å². The number of halogens is 1. The summed E-state index contributed by atoms with van der Waals surface area (Å²) in [5.74, 6) is -1.49. The Bertz CT molecular complexity index is 432. The molecule has 0 aliphatic heterocycles. The van der Waals surface area contributed by atoms with Crippen molar-refractivity contribution >= 4 is 23.6 Å². The van der Waals surface area contributed by atoms with E-state index in [2.05, 4.69) is 0 Å². The SMILES string of the molecule is N#C/C(=C\c1cccc(Cl)c1)C(=O)[O-]. The number of carboxylic acid groups (broad SMARTS) is 1. The maximum Gasteiger partial charge on any atom is 0.101 e. The third kappa shape index (κ3) is 2.61. The number of carbonyl (C=O) groups excluding carboxylic acids is 1. The fourth-order valence-electron chi connectivity index (χ4n) is 0.900. The molecule has 1 rings (SSSR count). The summed E-state index contributed by atoms with van der Waals surface area (Å²) in [5, 5.41) is 19.3. The Balaban J connectivity index is 3.08. The van der Waals surface area contributed by atoms with Crippen molar-refractivity contribution in [2.75, 3.05) is 0 Å². The minimum Gasteiger partial charge on any atom is -0.544 e. The van der Waals surface area contributed by atoms with Crippen molar-refractivity contribution in [1.82, 2.24) is 0 Å². The van der Waals surface area contributed by atoms with Crippen molar-refractivity contribution in [3.8, 4) is 6.07 Å². The molecule has 0 spiro atoms. The summed E-state index contributed by atoms with van der Waals surface area (Å²) in [6.07, 6.45) is 1.21. The minimum atomic E-state index is -1.49. The molecule has 0 aliphatic carbocycles. The highest BCUT2D eigenvalue weighted by molar-refractivity contribution is 6.30. The molecule has 3 nitrogen and oxygen atoms in total. The fraction of sp³-hybridized carbons (Fsp3) is 0. The number of aliphatic carboxylic acids is 1. The van der Waals surface area contributed by atoms with E-state index in [1.165, 1.54) is 12.1 Å². The number of rotatable bonds is 2. The molecule has 0 saturated heterocycles. The summed E-state index contributed by atoms with van der Waals surface area (Å²) in [6, 6.07) is 8.05. The lowest BCUT2D eigenvalue weighted by Crippen LogP contribution is -2.23. The van der Waals surface area contributed by atoms with E-state index in [0.29, 0.717) is 10.6 Å². The first kappa shape index (κ1) is 10.3. The van der Waals surface area contributed by atoms with E-state index >= 15 is 0 Å². The summed E-state index contributed by atoms with van der Waals surface area (Å²) >= 11 is 5.68. The van der Waals surface area contributed by atoms with Crippen LogP contribution in [0.3, 0.4) is 0 Å². The van der Waals surface area contributed by atoms with Gasteiger partial charge in [0.05, 0.1) is 11.5 Å². The number of benzene rings is 1. The van der Waals surface area contributed by atoms with Gasteiger partial charge in [0.15, 0.2) is 0 Å². The quantitative estimate of drug-likeness (QED) is 0.536. The first-order chi connectivity index (χ1) is 6.63. The van der Waals surface area contributed by atoms with E-state index in [1.807, 2.05) is 0 Å². The van der Waals surface area contributed by atoms with Crippen LogP contribution in [-0.2, 0) is 4.79 Å². The molecule has 70 valence electrons. The van der Waals surface area contributed by atoms with Crippen LogP contribution in [0.25, 0.3) is 6.08 Å². The van der Waals surface area contributed by atoms with E-state index < -0.39 is 11.5 Å². The van der Waals surface area contributed by atoms with Crippen LogP contribution in [0.5, 0.6) is 0 Å². The van der Waals surface area contributed by atoms with E-state index in [9.17, 15) is 9.90 Å². The van der Waals surface area contributed by atoms with Gasteiger partial charge in [0, 0.05) is 5.02 Å². The second-order valence-corrected chi connectivity index (χ2v) is 2.95. The van der Waals surface area contributed by atoms with Crippen molar-refractivity contribution in [2.24, 2.45) is 0 Å². The third-order valence-corrected chi connectivity index (χ3v) is 1.74. The first-order valence-corrected chi connectivity index (χ1v) is 4.10. The van der Waals surface area contributed by atoms with E-state index in [-0.39, 0.29) is 0 Å². The van der Waals surface area contributed by atoms with E-state index in [4.69, 9.17) is 16.9 Å². The highest BCUT2D eigenvalue weighted by Crippen LogP contribution is 2.13. The van der Waals surface area contributed by atoms with Crippen LogP contribution >= 0.6 is 11.6 Å². The predicted molar refractivity (Wildman–Crippen MR) is 50.0 cm³/mol. The zero-order valence-corrected chi connectivity index (χ0v) is 7.78. The lowest BCUT2D eigenvalue weighted by atomic mass is 10.1. The van der Waals surface area contributed by atoms with Gasteiger partial charge in [0.1, 0.15) is 6.07 Å². The number of hydrogen-bond acceptors (Lipinski definition) is 3. The van der Waals surface area contributed by atoms with Crippen molar-refractivity contribution in [1.29, 1.82) is 5.26 Å². The molecule has 0 N–H and O–H groups in total. The highest BCUT2D eigenvalue weighted by Gasteiger charge is 1.97. The summed E-state index contributed by atoms with van der Waals surface area (Å²) in [4.78, 5) is 10.4. The maximum atomic E-state index is 10.4. The normalized spacial score (nSPS) is 10.7. The molecule has 0 fully saturated rings. The average molecular weight is 207 g/mol. The Morgan fingerprint density at radius 3 is 2.79 bits per heavy atom. The monoisotopic (exact) mass is 206 g/mol. The molecule has 0 aliphatic rings. The molecule has 0 radical (unpaired) electrons. The van der Waals surface area contributed by atoms with Crippen molar-refractivity contribution in [3.05, 3.63) is 40.4 Å². The number of nitriles is 1. The van der Waals surface area contributed by atoms with Gasteiger partial charge in [-0.05, 0) is 23.8 Å². The van der Waals surface area contributed by atoms with E-state index in [0.717, 1.165) is 0 Å². The lowest BCUT2D eigenvalue weighted by Gasteiger charge is -1.99. The van der Waals surface area contributed by atoms with Crippen molar-refractivity contribution in [3.63, 3.8) is 0 Å². The second-order valence-electron chi connectivity index (χ2n) is 2.51. The van der Waals surface area contributed by atoms with Gasteiger partial charge in [-0.25, -0.2) is 0 Å². The van der Waals surface area contributed by atoms with Crippen LogP contribution in [0, 0.1) is 11.3 Å². The number of carboxylic acids is 1. The van der Waals surface area contributed by atoms with Gasteiger partial charge in [0.25, 0.3) is 0 Å². The Labute approximate surface area is 85.9 Å². The van der Waals surface area contributed by atoms with Crippen LogP contribution in [0.1, 0.15) is 5.56 Å². The number of carbonyl (C=O) groups is 1. The number of hydrogen-bond donors (Lipinski definition) is 0. The Hall–Kier alpha value is -1.79. The lowest BCUT2D eigenvalue weighted by molar-refractivity contribution is -0.298. The molecule has 0 atom stereocenters. The summed E-state index contributed by atoms with van der Waals surface area (Å²) in [5.41, 5.74) is 0.130. The van der Waals surface area contributed by atoms with E-state index in [1.54, 1.807) is 24.3 Å². The molecule has 0 aromatic heterocycles. The predicted octanol–water partition coefficient (Wildman–Crippen LogP) is 0.997. The standard InChI is InChI=1S/C10H6ClNO2/c11-9-3-1-2-7(5-9)4-8(6-12)10(13)14/h1-5H,(H,13,14)/p-1/b8-4+. The molecule has 0 heterocycles. The Morgan fingerprint density at radius 1 is 1.57 bits per heavy atom.